The molecule has 0 aliphatic rings. The minimum Gasteiger partial charge on any atom is -0.347 e. The number of carbonyl (C=O) groups excluding carboxylic acids is 1. The Morgan fingerprint density at radius 3 is 2.50 bits per heavy atom. The molecule has 0 aliphatic heterocycles. The van der Waals surface area contributed by atoms with E-state index in [1.54, 1.807) is 16.0 Å². The second kappa shape index (κ2) is 6.57. The molecule has 0 spiro atoms. The van der Waals surface area contributed by atoms with Crippen LogP contribution in [0.25, 0.3) is 10.6 Å². The first-order valence-electron chi connectivity index (χ1n) is 7.77. The Balaban J connectivity index is 1.75. The van der Waals surface area contributed by atoms with Gasteiger partial charge in [0.15, 0.2) is 0 Å². The third-order valence-electron chi connectivity index (χ3n) is 4.06. The number of nitrogens with one attached hydrogen (secondary N) is 1. The van der Waals surface area contributed by atoms with Crippen molar-refractivity contribution in [3.63, 3.8) is 0 Å². The van der Waals surface area contributed by atoms with Crippen molar-refractivity contribution in [1.82, 2.24) is 20.1 Å². The van der Waals surface area contributed by atoms with E-state index in [2.05, 4.69) is 15.4 Å². The van der Waals surface area contributed by atoms with Gasteiger partial charge in [-0.3, -0.25) is 9.48 Å². The standard InChI is InChI=1S/C18H20N4OS/c1-11-15(24-18(20-11)14-8-6-5-7-9-14)10-19-17(23)16-12(2)21-22(4)13(16)3/h5-9H,10H2,1-4H3,(H,19,23). The lowest BCUT2D eigenvalue weighted by Crippen LogP contribution is -2.24. The van der Waals surface area contributed by atoms with Crippen molar-refractivity contribution in [1.29, 1.82) is 0 Å². The van der Waals surface area contributed by atoms with Gasteiger partial charge in [0.1, 0.15) is 5.01 Å². The lowest BCUT2D eigenvalue weighted by molar-refractivity contribution is 0.0950. The number of rotatable bonds is 4. The van der Waals surface area contributed by atoms with E-state index in [1.165, 1.54) is 0 Å². The van der Waals surface area contributed by atoms with Crippen LogP contribution in [0.3, 0.4) is 0 Å². The summed E-state index contributed by atoms with van der Waals surface area (Å²) in [6.45, 7) is 6.21. The number of carbonyl (C=O) groups is 1. The highest BCUT2D eigenvalue weighted by Crippen LogP contribution is 2.27. The first kappa shape index (κ1) is 16.4. The predicted molar refractivity (Wildman–Crippen MR) is 96.1 cm³/mol. The van der Waals surface area contributed by atoms with E-state index in [4.69, 9.17) is 0 Å². The van der Waals surface area contributed by atoms with Gasteiger partial charge in [-0.1, -0.05) is 30.3 Å². The number of amides is 1. The second-order valence-electron chi connectivity index (χ2n) is 5.75. The van der Waals surface area contributed by atoms with E-state index in [9.17, 15) is 4.79 Å². The molecule has 0 fully saturated rings. The molecule has 3 rings (SSSR count). The first-order valence-corrected chi connectivity index (χ1v) is 8.59. The topological polar surface area (TPSA) is 59.8 Å². The third kappa shape index (κ3) is 3.10. The Bertz CT molecular complexity index is 880. The Morgan fingerprint density at radius 2 is 1.88 bits per heavy atom. The zero-order chi connectivity index (χ0) is 17.3. The maximum absolute atomic E-state index is 12.5. The number of hydrogen-bond donors (Lipinski definition) is 1. The number of aryl methyl sites for hydroxylation is 3. The van der Waals surface area contributed by atoms with E-state index in [0.29, 0.717) is 12.1 Å². The molecule has 0 atom stereocenters. The van der Waals surface area contributed by atoms with Crippen molar-refractivity contribution < 1.29 is 4.79 Å². The molecule has 2 aromatic heterocycles. The minimum absolute atomic E-state index is 0.0906. The van der Waals surface area contributed by atoms with Crippen LogP contribution in [0.1, 0.15) is 32.3 Å². The zero-order valence-electron chi connectivity index (χ0n) is 14.3. The molecule has 124 valence electrons. The van der Waals surface area contributed by atoms with Crippen molar-refractivity contribution in [2.45, 2.75) is 27.3 Å². The lowest BCUT2D eigenvalue weighted by Gasteiger charge is -2.04. The molecule has 3 aromatic rings. The number of benzene rings is 1. The molecule has 6 heteroatoms. The van der Waals surface area contributed by atoms with Gasteiger partial charge in [0.25, 0.3) is 5.91 Å². The summed E-state index contributed by atoms with van der Waals surface area (Å²) in [5.74, 6) is -0.0906. The van der Waals surface area contributed by atoms with Gasteiger partial charge in [-0.25, -0.2) is 4.98 Å². The highest BCUT2D eigenvalue weighted by molar-refractivity contribution is 7.15. The van der Waals surface area contributed by atoms with E-state index in [1.807, 2.05) is 58.2 Å². The van der Waals surface area contributed by atoms with E-state index in [0.717, 1.165) is 32.5 Å². The highest BCUT2D eigenvalue weighted by Gasteiger charge is 2.18. The van der Waals surface area contributed by atoms with Gasteiger partial charge in [-0.15, -0.1) is 11.3 Å². The summed E-state index contributed by atoms with van der Waals surface area (Å²) < 4.78 is 1.73. The minimum atomic E-state index is -0.0906. The van der Waals surface area contributed by atoms with Crippen molar-refractivity contribution in [2.75, 3.05) is 0 Å². The predicted octanol–water partition coefficient (Wildman–Crippen LogP) is 3.40. The Kier molecular flexibility index (Phi) is 4.49. The molecule has 0 aliphatic carbocycles. The number of thiazole rings is 1. The maximum Gasteiger partial charge on any atom is 0.255 e. The normalized spacial score (nSPS) is 10.8. The lowest BCUT2D eigenvalue weighted by atomic mass is 10.2. The third-order valence-corrected chi connectivity index (χ3v) is 5.27. The van der Waals surface area contributed by atoms with E-state index < -0.39 is 0 Å². The van der Waals surface area contributed by atoms with Crippen LogP contribution < -0.4 is 5.32 Å². The van der Waals surface area contributed by atoms with Gasteiger partial charge in [0.05, 0.1) is 23.5 Å². The average Bonchev–Trinajstić information content (AvgIpc) is 3.06. The van der Waals surface area contributed by atoms with Gasteiger partial charge in [-0.2, -0.15) is 5.10 Å². The molecule has 1 aromatic carbocycles. The van der Waals surface area contributed by atoms with Crippen LogP contribution in [0.15, 0.2) is 30.3 Å². The Hall–Kier alpha value is -2.47. The summed E-state index contributed by atoms with van der Waals surface area (Å²) in [4.78, 5) is 18.2. The molecule has 5 nitrogen and oxygen atoms in total. The second-order valence-corrected chi connectivity index (χ2v) is 6.83. The molecular formula is C18H20N4OS. The van der Waals surface area contributed by atoms with Crippen molar-refractivity contribution in [3.8, 4) is 10.6 Å². The molecule has 1 N–H and O–H groups in total. The van der Waals surface area contributed by atoms with Crippen molar-refractivity contribution >= 4 is 17.2 Å². The summed E-state index contributed by atoms with van der Waals surface area (Å²) >= 11 is 1.62. The highest BCUT2D eigenvalue weighted by atomic mass is 32.1. The van der Waals surface area contributed by atoms with E-state index >= 15 is 0 Å². The fourth-order valence-corrected chi connectivity index (χ4v) is 3.65. The molecule has 24 heavy (non-hydrogen) atoms. The zero-order valence-corrected chi connectivity index (χ0v) is 15.1. The number of aromatic nitrogens is 3. The number of nitrogens with zero attached hydrogens (tertiary/aromatic N) is 3. The molecule has 2 heterocycles. The summed E-state index contributed by atoms with van der Waals surface area (Å²) in [5, 5.41) is 8.27. The van der Waals surface area contributed by atoms with Gasteiger partial charge in [0, 0.05) is 23.2 Å². The number of hydrogen-bond acceptors (Lipinski definition) is 4. The molecule has 0 radical (unpaired) electrons. The fourth-order valence-electron chi connectivity index (χ4n) is 2.65. The van der Waals surface area contributed by atoms with Crippen molar-refractivity contribution in [3.05, 3.63) is 57.9 Å². The monoisotopic (exact) mass is 340 g/mol. The smallest absolute Gasteiger partial charge is 0.255 e. The van der Waals surface area contributed by atoms with Gasteiger partial charge in [-0.05, 0) is 20.8 Å². The molecule has 0 saturated heterocycles. The molecule has 1 amide bonds. The summed E-state index contributed by atoms with van der Waals surface area (Å²) in [7, 11) is 1.85. The first-order chi connectivity index (χ1) is 11.5. The summed E-state index contributed by atoms with van der Waals surface area (Å²) in [6, 6.07) is 10.1. The molecule has 0 bridgehead atoms. The molecule has 0 unspecified atom stereocenters. The summed E-state index contributed by atoms with van der Waals surface area (Å²) in [5.41, 5.74) is 4.33. The fraction of sp³-hybridized carbons (Fsp3) is 0.278. The van der Waals surface area contributed by atoms with Gasteiger partial charge >= 0.3 is 0 Å². The van der Waals surface area contributed by atoms with Crippen molar-refractivity contribution in [2.24, 2.45) is 7.05 Å². The van der Waals surface area contributed by atoms with Crippen LogP contribution in [0.4, 0.5) is 0 Å². The van der Waals surface area contributed by atoms with E-state index in [-0.39, 0.29) is 5.91 Å². The van der Waals surface area contributed by atoms with Crippen LogP contribution >= 0.6 is 11.3 Å². The maximum atomic E-state index is 12.5. The van der Waals surface area contributed by atoms with Crippen LogP contribution in [-0.2, 0) is 13.6 Å². The summed E-state index contributed by atoms with van der Waals surface area (Å²) in [6.07, 6.45) is 0. The molecule has 0 saturated carbocycles. The Morgan fingerprint density at radius 1 is 1.17 bits per heavy atom. The van der Waals surface area contributed by atoms with Gasteiger partial charge in [0.2, 0.25) is 0 Å². The quantitative estimate of drug-likeness (QED) is 0.792. The van der Waals surface area contributed by atoms with Gasteiger partial charge < -0.3 is 5.32 Å². The molecular weight excluding hydrogens is 320 g/mol. The van der Waals surface area contributed by atoms with Crippen LogP contribution in [0, 0.1) is 20.8 Å². The van der Waals surface area contributed by atoms with Crippen LogP contribution in [0.5, 0.6) is 0 Å². The largest absolute Gasteiger partial charge is 0.347 e. The Labute approximate surface area is 145 Å². The van der Waals surface area contributed by atoms with Crippen LogP contribution in [-0.4, -0.2) is 20.7 Å². The van der Waals surface area contributed by atoms with Crippen LogP contribution in [0.2, 0.25) is 0 Å². The average molecular weight is 340 g/mol. The SMILES string of the molecule is Cc1nc(-c2ccccc2)sc1CNC(=O)c1c(C)nn(C)c1C.